The fraction of sp³-hybridized carbons (Fsp3) is 0.292. The highest BCUT2D eigenvalue weighted by Gasteiger charge is 2.37. The van der Waals surface area contributed by atoms with E-state index in [4.69, 9.17) is 14.5 Å². The second kappa shape index (κ2) is 7.93. The van der Waals surface area contributed by atoms with Crippen LogP contribution < -0.4 is 14.4 Å². The maximum Gasteiger partial charge on any atom is 0.260 e. The standard InChI is InChI=1S/C24H23N5O3/c1-14-21-17(6-7-18(28-21)15-10-19(31-4)22(32-5)27-12-15)23(30)29(14)16-8-9-26-20(11-16)24(2,3)13-25/h6-12,14H,1-5H3. The van der Waals surface area contributed by atoms with Crippen molar-refractivity contribution in [2.75, 3.05) is 19.1 Å². The molecule has 0 fully saturated rings. The van der Waals surface area contributed by atoms with Gasteiger partial charge in [0.2, 0.25) is 0 Å². The first kappa shape index (κ1) is 21.2. The summed E-state index contributed by atoms with van der Waals surface area (Å²) < 4.78 is 10.5. The molecule has 1 aliphatic rings. The molecule has 0 aromatic carbocycles. The summed E-state index contributed by atoms with van der Waals surface area (Å²) in [6.07, 6.45) is 3.29. The van der Waals surface area contributed by atoms with Crippen molar-refractivity contribution in [2.45, 2.75) is 32.2 Å². The predicted molar refractivity (Wildman–Crippen MR) is 119 cm³/mol. The zero-order valence-corrected chi connectivity index (χ0v) is 18.6. The molecule has 3 aromatic rings. The number of nitriles is 1. The van der Waals surface area contributed by atoms with E-state index in [9.17, 15) is 10.1 Å². The van der Waals surface area contributed by atoms with Crippen molar-refractivity contribution in [2.24, 2.45) is 0 Å². The number of anilines is 1. The summed E-state index contributed by atoms with van der Waals surface area (Å²) in [4.78, 5) is 28.3. The molecule has 0 bridgehead atoms. The number of fused-ring (bicyclic) bond motifs is 1. The predicted octanol–water partition coefficient (Wildman–Crippen LogP) is 4.08. The van der Waals surface area contributed by atoms with Gasteiger partial charge in [0.15, 0.2) is 5.75 Å². The van der Waals surface area contributed by atoms with E-state index in [2.05, 4.69) is 16.0 Å². The lowest BCUT2D eigenvalue weighted by atomic mass is 9.90. The lowest BCUT2D eigenvalue weighted by Crippen LogP contribution is -2.27. The van der Waals surface area contributed by atoms with E-state index >= 15 is 0 Å². The molecule has 0 N–H and O–H groups in total. The fourth-order valence-electron chi connectivity index (χ4n) is 3.74. The maximum absolute atomic E-state index is 13.2. The summed E-state index contributed by atoms with van der Waals surface area (Å²) in [7, 11) is 3.08. The van der Waals surface area contributed by atoms with Crippen LogP contribution in [0.5, 0.6) is 11.6 Å². The van der Waals surface area contributed by atoms with Crippen LogP contribution in [0.25, 0.3) is 11.3 Å². The number of hydrogen-bond donors (Lipinski definition) is 0. The molecule has 162 valence electrons. The maximum atomic E-state index is 13.2. The van der Waals surface area contributed by atoms with Crippen LogP contribution >= 0.6 is 0 Å². The minimum atomic E-state index is -0.763. The van der Waals surface area contributed by atoms with E-state index < -0.39 is 5.41 Å². The van der Waals surface area contributed by atoms with Crippen LogP contribution in [0.4, 0.5) is 5.69 Å². The molecule has 0 aliphatic carbocycles. The second-order valence-electron chi connectivity index (χ2n) is 8.05. The number of pyridine rings is 3. The molecule has 8 nitrogen and oxygen atoms in total. The molecule has 1 aliphatic heterocycles. The summed E-state index contributed by atoms with van der Waals surface area (Å²) >= 11 is 0. The molecule has 8 heteroatoms. The number of hydrogen-bond acceptors (Lipinski definition) is 7. The van der Waals surface area contributed by atoms with E-state index in [1.807, 2.05) is 6.92 Å². The molecular weight excluding hydrogens is 406 g/mol. The van der Waals surface area contributed by atoms with Crippen LogP contribution in [-0.2, 0) is 5.41 Å². The van der Waals surface area contributed by atoms with Gasteiger partial charge in [-0.1, -0.05) is 0 Å². The SMILES string of the molecule is COc1cc(-c2ccc3c(n2)C(C)N(c2ccnc(C(C)(C)C#N)c2)C3=O)cnc1OC. The quantitative estimate of drug-likeness (QED) is 0.602. The van der Waals surface area contributed by atoms with Gasteiger partial charge in [-0.25, -0.2) is 9.97 Å². The van der Waals surface area contributed by atoms with Crippen molar-refractivity contribution in [1.82, 2.24) is 15.0 Å². The molecule has 4 rings (SSSR count). The van der Waals surface area contributed by atoms with Crippen molar-refractivity contribution < 1.29 is 14.3 Å². The fourth-order valence-corrected chi connectivity index (χ4v) is 3.74. The number of aromatic nitrogens is 3. The number of carbonyl (C=O) groups excluding carboxylic acids is 1. The van der Waals surface area contributed by atoms with Crippen molar-refractivity contribution in [3.05, 3.63) is 59.7 Å². The number of carbonyl (C=O) groups is 1. The van der Waals surface area contributed by atoms with Gasteiger partial charge in [-0.05, 0) is 51.1 Å². The average molecular weight is 429 g/mol. The molecule has 1 unspecified atom stereocenters. The van der Waals surface area contributed by atoms with E-state index in [-0.39, 0.29) is 11.9 Å². The Kier molecular flexibility index (Phi) is 5.26. The highest BCUT2D eigenvalue weighted by atomic mass is 16.5. The van der Waals surface area contributed by atoms with Crippen LogP contribution in [0.15, 0.2) is 42.7 Å². The Labute approximate surface area is 186 Å². The van der Waals surface area contributed by atoms with Gasteiger partial charge in [-0.2, -0.15) is 5.26 Å². The van der Waals surface area contributed by atoms with Gasteiger partial charge in [0.25, 0.3) is 11.8 Å². The van der Waals surface area contributed by atoms with Gasteiger partial charge in [-0.3, -0.25) is 14.7 Å². The normalized spacial score (nSPS) is 15.3. The van der Waals surface area contributed by atoms with Crippen molar-refractivity contribution in [3.63, 3.8) is 0 Å². The van der Waals surface area contributed by atoms with Gasteiger partial charge >= 0.3 is 0 Å². The highest BCUT2D eigenvalue weighted by molar-refractivity contribution is 6.10. The van der Waals surface area contributed by atoms with Crippen LogP contribution in [0, 0.1) is 11.3 Å². The van der Waals surface area contributed by atoms with Gasteiger partial charge < -0.3 is 9.47 Å². The lowest BCUT2D eigenvalue weighted by molar-refractivity contribution is 0.0992. The summed E-state index contributed by atoms with van der Waals surface area (Å²) in [5, 5.41) is 9.46. The number of rotatable bonds is 5. The average Bonchev–Trinajstić information content (AvgIpc) is 3.07. The van der Waals surface area contributed by atoms with Crippen LogP contribution in [0.3, 0.4) is 0 Å². The van der Waals surface area contributed by atoms with Crippen molar-refractivity contribution >= 4 is 11.6 Å². The third kappa shape index (κ3) is 3.42. The molecule has 0 saturated carbocycles. The Hall–Kier alpha value is -3.99. The lowest BCUT2D eigenvalue weighted by Gasteiger charge is -2.23. The highest BCUT2D eigenvalue weighted by Crippen LogP contribution is 2.38. The summed E-state index contributed by atoms with van der Waals surface area (Å²) in [6.45, 7) is 5.53. The molecule has 1 amide bonds. The molecular formula is C24H23N5O3. The van der Waals surface area contributed by atoms with E-state index in [1.54, 1.807) is 68.6 Å². The largest absolute Gasteiger partial charge is 0.491 e. The monoisotopic (exact) mass is 429 g/mol. The molecule has 0 spiro atoms. The third-order valence-corrected chi connectivity index (χ3v) is 5.63. The summed E-state index contributed by atoms with van der Waals surface area (Å²) in [5.41, 5.74) is 3.19. The van der Waals surface area contributed by atoms with Crippen LogP contribution in [-0.4, -0.2) is 35.1 Å². The molecule has 1 atom stereocenters. The van der Waals surface area contributed by atoms with Gasteiger partial charge in [0.05, 0.1) is 54.4 Å². The molecule has 32 heavy (non-hydrogen) atoms. The Morgan fingerprint density at radius 2 is 1.91 bits per heavy atom. The van der Waals surface area contributed by atoms with Gasteiger partial charge in [0.1, 0.15) is 0 Å². The van der Waals surface area contributed by atoms with Crippen LogP contribution in [0.1, 0.15) is 48.6 Å². The first-order chi connectivity index (χ1) is 15.3. The van der Waals surface area contributed by atoms with Gasteiger partial charge in [0, 0.05) is 23.6 Å². The summed E-state index contributed by atoms with van der Waals surface area (Å²) in [6, 6.07) is 10.9. The minimum absolute atomic E-state index is 0.135. The molecule has 0 radical (unpaired) electrons. The summed E-state index contributed by atoms with van der Waals surface area (Å²) in [5.74, 6) is 0.757. The van der Waals surface area contributed by atoms with E-state index in [0.29, 0.717) is 40.0 Å². The third-order valence-electron chi connectivity index (χ3n) is 5.63. The van der Waals surface area contributed by atoms with Crippen molar-refractivity contribution in [3.8, 4) is 29.0 Å². The molecule has 3 aromatic heterocycles. The van der Waals surface area contributed by atoms with E-state index in [0.717, 1.165) is 5.56 Å². The Bertz CT molecular complexity index is 1250. The first-order valence-corrected chi connectivity index (χ1v) is 10.1. The topological polar surface area (TPSA) is 101 Å². The molecule has 4 heterocycles. The van der Waals surface area contributed by atoms with Gasteiger partial charge in [-0.15, -0.1) is 0 Å². The number of methoxy groups -OCH3 is 2. The zero-order valence-electron chi connectivity index (χ0n) is 18.6. The Morgan fingerprint density at radius 3 is 2.59 bits per heavy atom. The Morgan fingerprint density at radius 1 is 1.12 bits per heavy atom. The second-order valence-corrected chi connectivity index (χ2v) is 8.05. The molecule has 0 saturated heterocycles. The van der Waals surface area contributed by atoms with Crippen molar-refractivity contribution in [1.29, 1.82) is 5.26 Å². The van der Waals surface area contributed by atoms with Crippen LogP contribution in [0.2, 0.25) is 0 Å². The number of ether oxygens (including phenoxy) is 2. The Balaban J connectivity index is 1.72. The minimum Gasteiger partial charge on any atom is -0.491 e. The first-order valence-electron chi connectivity index (χ1n) is 10.1. The van der Waals surface area contributed by atoms with E-state index in [1.165, 1.54) is 7.11 Å². The zero-order chi connectivity index (χ0) is 23.0. The number of nitrogens with zero attached hydrogens (tertiary/aromatic N) is 5. The smallest absolute Gasteiger partial charge is 0.260 e. The number of amides is 1.